The van der Waals surface area contributed by atoms with Crippen LogP contribution in [0.2, 0.25) is 0 Å². The van der Waals surface area contributed by atoms with Gasteiger partial charge in [-0.2, -0.15) is 0 Å². The standard InChI is InChI=1S/C13H24N2O3/c1-10-6-15(7-11(2)18-10)12(16)13(9-17-3)4-5-14-8-13/h10-11,14H,4-9H2,1-3H3/t10-,11+,13?. The van der Waals surface area contributed by atoms with Gasteiger partial charge in [-0.15, -0.1) is 0 Å². The Balaban J connectivity index is 2.08. The molecule has 0 aromatic rings. The van der Waals surface area contributed by atoms with Gasteiger partial charge in [-0.05, 0) is 26.8 Å². The number of nitrogens with one attached hydrogen (secondary N) is 1. The Kier molecular flexibility index (Phi) is 4.25. The zero-order chi connectivity index (χ0) is 13.2. The number of carbonyl (C=O) groups is 1. The van der Waals surface area contributed by atoms with Crippen LogP contribution in [0.15, 0.2) is 0 Å². The average Bonchev–Trinajstić information content (AvgIpc) is 2.77. The molecule has 5 nitrogen and oxygen atoms in total. The zero-order valence-corrected chi connectivity index (χ0v) is 11.6. The molecule has 0 bridgehead atoms. The van der Waals surface area contributed by atoms with Gasteiger partial charge in [0.05, 0.1) is 24.2 Å². The van der Waals surface area contributed by atoms with Gasteiger partial charge >= 0.3 is 0 Å². The van der Waals surface area contributed by atoms with Crippen molar-refractivity contribution in [3.05, 3.63) is 0 Å². The topological polar surface area (TPSA) is 50.8 Å². The first-order valence-corrected chi connectivity index (χ1v) is 6.72. The van der Waals surface area contributed by atoms with E-state index in [1.165, 1.54) is 0 Å². The summed E-state index contributed by atoms with van der Waals surface area (Å²) in [4.78, 5) is 14.7. The summed E-state index contributed by atoms with van der Waals surface area (Å²) in [6.07, 6.45) is 1.10. The highest BCUT2D eigenvalue weighted by Gasteiger charge is 2.45. The van der Waals surface area contributed by atoms with Gasteiger partial charge in [0.25, 0.3) is 0 Å². The molecule has 0 aromatic heterocycles. The second-order valence-corrected chi connectivity index (χ2v) is 5.61. The van der Waals surface area contributed by atoms with E-state index < -0.39 is 0 Å². The van der Waals surface area contributed by atoms with Crippen molar-refractivity contribution in [3.8, 4) is 0 Å². The summed E-state index contributed by atoms with van der Waals surface area (Å²) in [6, 6.07) is 0. The predicted molar refractivity (Wildman–Crippen MR) is 68.4 cm³/mol. The lowest BCUT2D eigenvalue weighted by molar-refractivity contribution is -0.155. The Morgan fingerprint density at radius 2 is 2.11 bits per heavy atom. The second kappa shape index (κ2) is 5.55. The van der Waals surface area contributed by atoms with E-state index in [0.29, 0.717) is 19.7 Å². The predicted octanol–water partition coefficient (Wildman–Crippen LogP) is 0.248. The molecule has 2 aliphatic rings. The molecule has 2 heterocycles. The van der Waals surface area contributed by atoms with E-state index in [4.69, 9.17) is 9.47 Å². The first-order chi connectivity index (χ1) is 8.57. The van der Waals surface area contributed by atoms with Crippen LogP contribution in [-0.4, -0.2) is 62.9 Å². The molecule has 2 saturated heterocycles. The quantitative estimate of drug-likeness (QED) is 0.786. The maximum atomic E-state index is 12.8. The van der Waals surface area contributed by atoms with Crippen molar-refractivity contribution in [2.75, 3.05) is 39.9 Å². The Hall–Kier alpha value is -0.650. The SMILES string of the molecule is COCC1(C(=O)N2C[C@@H](C)O[C@@H](C)C2)CCNC1. The highest BCUT2D eigenvalue weighted by atomic mass is 16.5. The van der Waals surface area contributed by atoms with Crippen LogP contribution in [0.25, 0.3) is 0 Å². The van der Waals surface area contributed by atoms with Gasteiger partial charge < -0.3 is 19.7 Å². The fourth-order valence-electron chi connectivity index (χ4n) is 3.07. The normalized spacial score (nSPS) is 36.9. The molecule has 0 saturated carbocycles. The number of hydrogen-bond donors (Lipinski definition) is 1. The maximum Gasteiger partial charge on any atom is 0.232 e. The highest BCUT2D eigenvalue weighted by Crippen LogP contribution is 2.29. The van der Waals surface area contributed by atoms with Gasteiger partial charge in [0.15, 0.2) is 0 Å². The van der Waals surface area contributed by atoms with Crippen LogP contribution >= 0.6 is 0 Å². The fraction of sp³-hybridized carbons (Fsp3) is 0.923. The third-order valence-electron chi connectivity index (χ3n) is 3.82. The molecular formula is C13H24N2O3. The number of rotatable bonds is 3. The first-order valence-electron chi connectivity index (χ1n) is 6.72. The summed E-state index contributed by atoms with van der Waals surface area (Å²) in [5.41, 5.74) is -0.370. The molecule has 2 rings (SSSR count). The first kappa shape index (κ1) is 13.8. The van der Waals surface area contributed by atoms with Crippen molar-refractivity contribution >= 4 is 5.91 Å². The summed E-state index contributed by atoms with van der Waals surface area (Å²) in [6.45, 7) is 7.53. The van der Waals surface area contributed by atoms with Gasteiger partial charge in [-0.1, -0.05) is 0 Å². The van der Waals surface area contributed by atoms with E-state index in [0.717, 1.165) is 19.5 Å². The number of nitrogens with zero attached hydrogens (tertiary/aromatic N) is 1. The maximum absolute atomic E-state index is 12.8. The molecule has 18 heavy (non-hydrogen) atoms. The molecule has 2 aliphatic heterocycles. The van der Waals surface area contributed by atoms with Crippen LogP contribution in [0.1, 0.15) is 20.3 Å². The molecule has 1 amide bonds. The highest BCUT2D eigenvalue weighted by molar-refractivity contribution is 5.83. The smallest absolute Gasteiger partial charge is 0.232 e. The van der Waals surface area contributed by atoms with Gasteiger partial charge in [-0.3, -0.25) is 4.79 Å². The lowest BCUT2D eigenvalue weighted by Crippen LogP contribution is -2.55. The van der Waals surface area contributed by atoms with E-state index in [2.05, 4.69) is 5.32 Å². The van der Waals surface area contributed by atoms with E-state index in [1.54, 1.807) is 7.11 Å². The Morgan fingerprint density at radius 3 is 2.61 bits per heavy atom. The monoisotopic (exact) mass is 256 g/mol. The van der Waals surface area contributed by atoms with E-state index >= 15 is 0 Å². The molecule has 2 fully saturated rings. The van der Waals surface area contributed by atoms with Crippen LogP contribution in [0.3, 0.4) is 0 Å². The van der Waals surface area contributed by atoms with Crippen molar-refractivity contribution < 1.29 is 14.3 Å². The second-order valence-electron chi connectivity index (χ2n) is 5.61. The number of methoxy groups -OCH3 is 1. The number of amides is 1. The third-order valence-corrected chi connectivity index (χ3v) is 3.82. The van der Waals surface area contributed by atoms with E-state index in [1.807, 2.05) is 18.7 Å². The minimum atomic E-state index is -0.370. The van der Waals surface area contributed by atoms with E-state index in [-0.39, 0.29) is 23.5 Å². The summed E-state index contributed by atoms with van der Waals surface area (Å²) >= 11 is 0. The molecule has 5 heteroatoms. The minimum Gasteiger partial charge on any atom is -0.384 e. The number of morpholine rings is 1. The van der Waals surface area contributed by atoms with Gasteiger partial charge in [0.2, 0.25) is 5.91 Å². The number of carbonyl (C=O) groups excluding carboxylic acids is 1. The van der Waals surface area contributed by atoms with Crippen LogP contribution in [0.5, 0.6) is 0 Å². The largest absolute Gasteiger partial charge is 0.384 e. The summed E-state index contributed by atoms with van der Waals surface area (Å²) in [5, 5.41) is 3.28. The molecule has 0 spiro atoms. The van der Waals surface area contributed by atoms with Gasteiger partial charge in [0.1, 0.15) is 0 Å². The Bertz CT molecular complexity index is 293. The zero-order valence-electron chi connectivity index (χ0n) is 11.6. The van der Waals surface area contributed by atoms with Crippen LogP contribution in [-0.2, 0) is 14.3 Å². The summed E-state index contributed by atoms with van der Waals surface area (Å²) < 4.78 is 11.0. The summed E-state index contributed by atoms with van der Waals surface area (Å²) in [7, 11) is 1.66. The molecule has 0 aromatic carbocycles. The van der Waals surface area contributed by atoms with Crippen molar-refractivity contribution in [2.45, 2.75) is 32.5 Å². The molecule has 0 radical (unpaired) electrons. The molecule has 3 atom stereocenters. The van der Waals surface area contributed by atoms with Gasteiger partial charge in [-0.25, -0.2) is 0 Å². The van der Waals surface area contributed by atoms with Crippen molar-refractivity contribution in [1.82, 2.24) is 10.2 Å². The van der Waals surface area contributed by atoms with Crippen molar-refractivity contribution in [2.24, 2.45) is 5.41 Å². The van der Waals surface area contributed by atoms with Crippen molar-refractivity contribution in [3.63, 3.8) is 0 Å². The fourth-order valence-corrected chi connectivity index (χ4v) is 3.07. The van der Waals surface area contributed by atoms with Crippen molar-refractivity contribution in [1.29, 1.82) is 0 Å². The minimum absolute atomic E-state index is 0.117. The Labute approximate surface area is 109 Å². The number of ether oxygens (including phenoxy) is 2. The molecule has 0 aliphatic carbocycles. The lowest BCUT2D eigenvalue weighted by atomic mass is 9.86. The van der Waals surface area contributed by atoms with Crippen LogP contribution < -0.4 is 5.32 Å². The van der Waals surface area contributed by atoms with Crippen LogP contribution in [0.4, 0.5) is 0 Å². The van der Waals surface area contributed by atoms with Gasteiger partial charge in [0, 0.05) is 26.7 Å². The molecule has 1 unspecified atom stereocenters. The molecular weight excluding hydrogens is 232 g/mol. The molecule has 1 N–H and O–H groups in total. The lowest BCUT2D eigenvalue weighted by Gasteiger charge is -2.40. The Morgan fingerprint density at radius 1 is 1.44 bits per heavy atom. The average molecular weight is 256 g/mol. The van der Waals surface area contributed by atoms with Crippen LogP contribution in [0, 0.1) is 5.41 Å². The molecule has 104 valence electrons. The summed E-state index contributed by atoms with van der Waals surface area (Å²) in [5.74, 6) is 0.219. The number of hydrogen-bond acceptors (Lipinski definition) is 4. The third kappa shape index (κ3) is 2.68. The van der Waals surface area contributed by atoms with E-state index in [9.17, 15) is 4.79 Å².